The van der Waals surface area contributed by atoms with Crippen LogP contribution < -0.4 is 0 Å². The van der Waals surface area contributed by atoms with Crippen molar-refractivity contribution in [3.05, 3.63) is 54.3 Å². The van der Waals surface area contributed by atoms with Gasteiger partial charge >= 0.3 is 5.97 Å². The molecule has 0 aromatic heterocycles. The first-order valence-electron chi connectivity index (χ1n) is 4.85. The third-order valence-corrected chi connectivity index (χ3v) is 1.96. The summed E-state index contributed by atoms with van der Waals surface area (Å²) in [5.41, 5.74) is 1.90. The molecule has 0 fully saturated rings. The van der Waals surface area contributed by atoms with Crippen LogP contribution in [0.4, 0.5) is 0 Å². The van der Waals surface area contributed by atoms with Crippen molar-refractivity contribution in [3.8, 4) is 0 Å². The van der Waals surface area contributed by atoms with Crippen LogP contribution in [0.1, 0.15) is 17.5 Å². The Bertz CT molecular complexity index is 390. The Kier molecular flexibility index (Phi) is 4.33. The summed E-state index contributed by atoms with van der Waals surface area (Å²) in [4.78, 5) is 11.1. The van der Waals surface area contributed by atoms with Crippen LogP contribution >= 0.6 is 0 Å². The van der Waals surface area contributed by atoms with E-state index in [1.54, 1.807) is 6.08 Å². The number of hydrogen-bond acceptors (Lipinski definition) is 3. The number of carbonyl (C=O) groups excluding carboxylic acids is 1. The third kappa shape index (κ3) is 4.00. The van der Waals surface area contributed by atoms with Crippen molar-refractivity contribution in [1.82, 2.24) is 0 Å². The highest BCUT2D eigenvalue weighted by Gasteiger charge is 2.04. The zero-order valence-electron chi connectivity index (χ0n) is 8.98. The van der Waals surface area contributed by atoms with E-state index < -0.39 is 5.97 Å². The fraction of sp³-hybridized carbons (Fsp3) is 0.154. The van der Waals surface area contributed by atoms with Crippen LogP contribution in [0.3, 0.4) is 0 Å². The Hall–Kier alpha value is -2.03. The first-order valence-corrected chi connectivity index (χ1v) is 4.85. The Morgan fingerprint density at radius 2 is 2.00 bits per heavy atom. The molecule has 0 radical (unpaired) electrons. The molecule has 1 aromatic rings. The highest BCUT2D eigenvalue weighted by atomic mass is 16.5. The minimum Gasteiger partial charge on any atom is -0.512 e. The summed E-state index contributed by atoms with van der Waals surface area (Å²) >= 11 is 0. The van der Waals surface area contributed by atoms with Gasteiger partial charge in [-0.25, -0.2) is 0 Å². The van der Waals surface area contributed by atoms with Gasteiger partial charge in [0.25, 0.3) is 0 Å². The topological polar surface area (TPSA) is 46.5 Å². The largest absolute Gasteiger partial charge is 0.512 e. The number of hydrogen-bond donors (Lipinski definition) is 1. The monoisotopic (exact) mass is 218 g/mol. The predicted octanol–water partition coefficient (Wildman–Crippen LogP) is 2.83. The van der Waals surface area contributed by atoms with Crippen molar-refractivity contribution in [2.75, 3.05) is 0 Å². The molecule has 0 saturated carbocycles. The van der Waals surface area contributed by atoms with Gasteiger partial charge in [0.2, 0.25) is 0 Å². The maximum absolute atomic E-state index is 11.1. The summed E-state index contributed by atoms with van der Waals surface area (Å²) in [7, 11) is 0. The van der Waals surface area contributed by atoms with E-state index in [1.807, 2.05) is 24.3 Å². The fourth-order valence-electron chi connectivity index (χ4n) is 1.13. The van der Waals surface area contributed by atoms with Crippen LogP contribution in [-0.4, -0.2) is 11.1 Å². The van der Waals surface area contributed by atoms with Gasteiger partial charge in [-0.15, -0.1) is 0 Å². The highest BCUT2D eigenvalue weighted by Crippen LogP contribution is 2.07. The summed E-state index contributed by atoms with van der Waals surface area (Å²) in [5, 5.41) is 8.78. The number of aliphatic hydroxyl groups excluding tert-OH is 1. The standard InChI is InChI=1S/C13H14O3/c1-3-11-4-6-12(7-5-11)9-16-13(15)8-10(2)14/h3-7,14H,1-2,8-9H2. The molecule has 84 valence electrons. The van der Waals surface area contributed by atoms with E-state index in [9.17, 15) is 4.79 Å². The maximum Gasteiger partial charge on any atom is 0.313 e. The van der Waals surface area contributed by atoms with Crippen molar-refractivity contribution in [3.63, 3.8) is 0 Å². The molecule has 0 bridgehead atoms. The number of carbonyl (C=O) groups is 1. The average Bonchev–Trinajstić information content (AvgIpc) is 2.26. The average molecular weight is 218 g/mol. The second-order valence-corrected chi connectivity index (χ2v) is 3.35. The molecule has 0 unspecified atom stereocenters. The predicted molar refractivity (Wildman–Crippen MR) is 62.7 cm³/mol. The van der Waals surface area contributed by atoms with Crippen LogP contribution in [0, 0.1) is 0 Å². The normalized spacial score (nSPS) is 9.50. The molecule has 0 heterocycles. The molecule has 16 heavy (non-hydrogen) atoms. The molecular formula is C13H14O3. The fourth-order valence-corrected chi connectivity index (χ4v) is 1.13. The van der Waals surface area contributed by atoms with E-state index >= 15 is 0 Å². The molecule has 0 aliphatic rings. The Labute approximate surface area is 94.7 Å². The summed E-state index contributed by atoms with van der Waals surface area (Å²) in [6.07, 6.45) is 1.58. The van der Waals surface area contributed by atoms with Crippen molar-refractivity contribution >= 4 is 12.0 Å². The van der Waals surface area contributed by atoms with Gasteiger partial charge in [0.1, 0.15) is 13.0 Å². The van der Waals surface area contributed by atoms with Gasteiger partial charge in [-0.1, -0.05) is 43.5 Å². The Morgan fingerprint density at radius 1 is 1.38 bits per heavy atom. The van der Waals surface area contributed by atoms with Gasteiger partial charge in [-0.05, 0) is 11.1 Å². The van der Waals surface area contributed by atoms with Gasteiger partial charge in [0.05, 0.1) is 5.76 Å². The summed E-state index contributed by atoms with van der Waals surface area (Å²) in [6, 6.07) is 7.50. The van der Waals surface area contributed by atoms with E-state index in [-0.39, 0.29) is 18.8 Å². The summed E-state index contributed by atoms with van der Waals surface area (Å²) < 4.78 is 4.93. The molecule has 1 rings (SSSR count). The molecule has 0 aliphatic heterocycles. The third-order valence-electron chi connectivity index (χ3n) is 1.96. The van der Waals surface area contributed by atoms with Gasteiger partial charge in [-0.3, -0.25) is 4.79 Å². The number of ether oxygens (including phenoxy) is 1. The Balaban J connectivity index is 2.45. The Morgan fingerprint density at radius 3 is 2.50 bits per heavy atom. The first-order chi connectivity index (χ1) is 7.61. The van der Waals surface area contributed by atoms with Crippen LogP contribution in [0.15, 0.2) is 43.2 Å². The molecule has 1 aromatic carbocycles. The van der Waals surface area contributed by atoms with E-state index in [0.29, 0.717) is 0 Å². The van der Waals surface area contributed by atoms with Crippen LogP contribution in [-0.2, 0) is 16.1 Å². The molecule has 0 atom stereocenters. The van der Waals surface area contributed by atoms with Gasteiger partial charge in [-0.2, -0.15) is 0 Å². The minimum atomic E-state index is -0.486. The number of aliphatic hydroxyl groups is 1. The van der Waals surface area contributed by atoms with E-state index in [0.717, 1.165) is 11.1 Å². The quantitative estimate of drug-likeness (QED) is 0.610. The first kappa shape index (κ1) is 12.0. The number of rotatable bonds is 5. The molecule has 0 amide bonds. The lowest BCUT2D eigenvalue weighted by atomic mass is 10.1. The second kappa shape index (κ2) is 5.75. The zero-order chi connectivity index (χ0) is 12.0. The van der Waals surface area contributed by atoms with Crippen LogP contribution in [0.25, 0.3) is 6.08 Å². The van der Waals surface area contributed by atoms with Gasteiger partial charge in [0.15, 0.2) is 0 Å². The van der Waals surface area contributed by atoms with Crippen molar-refractivity contribution < 1.29 is 14.6 Å². The smallest absolute Gasteiger partial charge is 0.313 e. The zero-order valence-corrected chi connectivity index (χ0v) is 8.98. The van der Waals surface area contributed by atoms with E-state index in [2.05, 4.69) is 13.2 Å². The van der Waals surface area contributed by atoms with Crippen molar-refractivity contribution in [1.29, 1.82) is 0 Å². The molecule has 1 N–H and O–H groups in total. The molecular weight excluding hydrogens is 204 g/mol. The van der Waals surface area contributed by atoms with Crippen LogP contribution in [0.2, 0.25) is 0 Å². The maximum atomic E-state index is 11.1. The highest BCUT2D eigenvalue weighted by molar-refractivity contribution is 5.71. The van der Waals surface area contributed by atoms with E-state index in [1.165, 1.54) is 0 Å². The number of esters is 1. The molecule has 3 nitrogen and oxygen atoms in total. The van der Waals surface area contributed by atoms with Crippen LogP contribution in [0.5, 0.6) is 0 Å². The SMILES string of the molecule is C=Cc1ccc(COC(=O)CC(=C)O)cc1. The lowest BCUT2D eigenvalue weighted by Crippen LogP contribution is -2.05. The molecule has 0 aliphatic carbocycles. The molecule has 0 saturated heterocycles. The van der Waals surface area contributed by atoms with Crippen molar-refractivity contribution in [2.24, 2.45) is 0 Å². The lowest BCUT2D eigenvalue weighted by molar-refractivity contribution is -0.144. The van der Waals surface area contributed by atoms with E-state index in [4.69, 9.17) is 9.84 Å². The van der Waals surface area contributed by atoms with Crippen molar-refractivity contribution in [2.45, 2.75) is 13.0 Å². The minimum absolute atomic E-state index is 0.162. The lowest BCUT2D eigenvalue weighted by Gasteiger charge is -2.04. The molecule has 0 spiro atoms. The van der Waals surface area contributed by atoms with Gasteiger partial charge < -0.3 is 9.84 Å². The molecule has 3 heteroatoms. The summed E-state index contributed by atoms with van der Waals surface area (Å²) in [6.45, 7) is 7.06. The summed E-state index contributed by atoms with van der Waals surface area (Å²) in [5.74, 6) is -0.674. The second-order valence-electron chi connectivity index (χ2n) is 3.35. The van der Waals surface area contributed by atoms with Gasteiger partial charge in [0, 0.05) is 0 Å². The number of benzene rings is 1.